The lowest BCUT2D eigenvalue weighted by molar-refractivity contribution is 0.281. The summed E-state index contributed by atoms with van der Waals surface area (Å²) in [5.74, 6) is 0.357. The van der Waals surface area contributed by atoms with Gasteiger partial charge in [-0.05, 0) is 16.4 Å². The molecule has 1 aromatic carbocycles. The van der Waals surface area contributed by atoms with Crippen LogP contribution in [0.1, 0.15) is 57.7 Å². The predicted octanol–water partition coefficient (Wildman–Crippen LogP) is 4.60. The third kappa shape index (κ3) is 3.18. The van der Waals surface area contributed by atoms with Gasteiger partial charge in [-0.1, -0.05) is 53.7 Å². The van der Waals surface area contributed by atoms with Crippen molar-refractivity contribution in [1.29, 1.82) is 0 Å². The van der Waals surface area contributed by atoms with Gasteiger partial charge in [0.25, 0.3) is 0 Å². The minimum atomic E-state index is -0.205. The van der Waals surface area contributed by atoms with Gasteiger partial charge in [0.1, 0.15) is 10.8 Å². The Kier molecular flexibility index (Phi) is 4.37. The second-order valence-electron chi connectivity index (χ2n) is 7.67. The van der Waals surface area contributed by atoms with Crippen LogP contribution in [-0.2, 0) is 17.4 Å². The summed E-state index contributed by atoms with van der Waals surface area (Å²) < 4.78 is 0. The zero-order chi connectivity index (χ0) is 16.7. The summed E-state index contributed by atoms with van der Waals surface area (Å²) in [7, 11) is 0. The minimum Gasteiger partial charge on any atom is -0.507 e. The summed E-state index contributed by atoms with van der Waals surface area (Å²) in [6.07, 6.45) is 0. The number of hydrogen-bond acceptors (Lipinski definition) is 4. The van der Waals surface area contributed by atoms with Gasteiger partial charge in [0.15, 0.2) is 0 Å². The van der Waals surface area contributed by atoms with Crippen LogP contribution in [0, 0.1) is 0 Å². The lowest BCUT2D eigenvalue weighted by Gasteiger charge is -2.29. The molecule has 0 amide bonds. The lowest BCUT2D eigenvalue weighted by atomic mass is 9.77. The van der Waals surface area contributed by atoms with Crippen LogP contribution in [0.15, 0.2) is 17.5 Å². The van der Waals surface area contributed by atoms with Crippen molar-refractivity contribution in [3.05, 3.63) is 33.6 Å². The first-order valence-electron chi connectivity index (χ1n) is 7.48. The Morgan fingerprint density at radius 3 is 2.14 bits per heavy atom. The molecule has 0 saturated heterocycles. The summed E-state index contributed by atoms with van der Waals surface area (Å²) in [5.41, 5.74) is 3.28. The number of hydrogen-bond donors (Lipinski definition) is 2. The molecule has 120 valence electrons. The van der Waals surface area contributed by atoms with Crippen molar-refractivity contribution in [3.8, 4) is 17.0 Å². The number of aliphatic hydroxyl groups is 1. The van der Waals surface area contributed by atoms with Crippen molar-refractivity contribution in [2.45, 2.75) is 59.0 Å². The maximum Gasteiger partial charge on any atom is 0.123 e. The van der Waals surface area contributed by atoms with Crippen molar-refractivity contribution in [3.63, 3.8) is 0 Å². The smallest absolute Gasteiger partial charge is 0.123 e. The number of phenols is 1. The van der Waals surface area contributed by atoms with E-state index in [0.717, 1.165) is 22.4 Å². The van der Waals surface area contributed by atoms with E-state index >= 15 is 0 Å². The van der Waals surface area contributed by atoms with E-state index in [-0.39, 0.29) is 17.4 Å². The quantitative estimate of drug-likeness (QED) is 0.850. The van der Waals surface area contributed by atoms with Crippen LogP contribution in [-0.4, -0.2) is 15.2 Å². The number of rotatable bonds is 2. The fourth-order valence-electron chi connectivity index (χ4n) is 2.68. The van der Waals surface area contributed by atoms with E-state index in [1.165, 1.54) is 11.3 Å². The Morgan fingerprint density at radius 2 is 1.68 bits per heavy atom. The van der Waals surface area contributed by atoms with Crippen molar-refractivity contribution < 1.29 is 10.2 Å². The number of aromatic hydroxyl groups is 1. The van der Waals surface area contributed by atoms with Gasteiger partial charge in [-0.15, -0.1) is 11.3 Å². The SMILES string of the molecule is CC(C)(C)c1ccc(-c2csc(CO)n2)c(C(C)(C)C)c1O. The van der Waals surface area contributed by atoms with Gasteiger partial charge in [0, 0.05) is 16.5 Å². The first-order chi connectivity index (χ1) is 10.1. The van der Waals surface area contributed by atoms with E-state index in [2.05, 4.69) is 46.5 Å². The van der Waals surface area contributed by atoms with E-state index < -0.39 is 0 Å². The number of aromatic nitrogens is 1. The first kappa shape index (κ1) is 17.0. The molecule has 0 unspecified atom stereocenters. The van der Waals surface area contributed by atoms with E-state index in [1.807, 2.05) is 17.5 Å². The number of benzene rings is 1. The average Bonchev–Trinajstić information content (AvgIpc) is 2.83. The van der Waals surface area contributed by atoms with Crippen LogP contribution in [0.2, 0.25) is 0 Å². The molecule has 0 atom stereocenters. The van der Waals surface area contributed by atoms with Gasteiger partial charge < -0.3 is 10.2 Å². The van der Waals surface area contributed by atoms with Crippen LogP contribution in [0.25, 0.3) is 11.3 Å². The van der Waals surface area contributed by atoms with E-state index in [9.17, 15) is 10.2 Å². The van der Waals surface area contributed by atoms with E-state index in [0.29, 0.717) is 10.8 Å². The Balaban J connectivity index is 2.72. The lowest BCUT2D eigenvalue weighted by Crippen LogP contribution is -2.18. The normalized spacial score (nSPS) is 12.7. The molecule has 0 saturated carbocycles. The zero-order valence-corrected chi connectivity index (χ0v) is 15.0. The number of thiazole rings is 1. The Morgan fingerprint density at radius 1 is 1.05 bits per heavy atom. The highest BCUT2D eigenvalue weighted by Gasteiger charge is 2.29. The maximum absolute atomic E-state index is 10.9. The highest BCUT2D eigenvalue weighted by atomic mass is 32.1. The largest absolute Gasteiger partial charge is 0.507 e. The molecule has 0 spiro atoms. The molecule has 3 nitrogen and oxygen atoms in total. The molecule has 22 heavy (non-hydrogen) atoms. The van der Waals surface area contributed by atoms with Crippen molar-refractivity contribution >= 4 is 11.3 Å². The molecule has 1 aromatic heterocycles. The number of aliphatic hydroxyl groups excluding tert-OH is 1. The van der Waals surface area contributed by atoms with Crippen LogP contribution in [0.5, 0.6) is 5.75 Å². The highest BCUT2D eigenvalue weighted by molar-refractivity contribution is 7.09. The van der Waals surface area contributed by atoms with Crippen molar-refractivity contribution in [2.75, 3.05) is 0 Å². The fourth-order valence-corrected chi connectivity index (χ4v) is 3.33. The van der Waals surface area contributed by atoms with Crippen LogP contribution in [0.4, 0.5) is 0 Å². The van der Waals surface area contributed by atoms with Crippen LogP contribution in [0.3, 0.4) is 0 Å². The van der Waals surface area contributed by atoms with Crippen LogP contribution >= 0.6 is 11.3 Å². The molecule has 2 N–H and O–H groups in total. The van der Waals surface area contributed by atoms with E-state index in [4.69, 9.17) is 0 Å². The second-order valence-corrected chi connectivity index (χ2v) is 8.61. The predicted molar refractivity (Wildman–Crippen MR) is 92.5 cm³/mol. The molecular formula is C18H25NO2S. The standard InChI is InChI=1S/C18H25NO2S/c1-17(2,3)12-8-7-11(13-10-22-14(9-20)19-13)15(16(12)21)18(4,5)6/h7-8,10,20-21H,9H2,1-6H3. The molecule has 0 fully saturated rings. The minimum absolute atomic E-state index is 0.0540. The molecule has 2 rings (SSSR count). The number of phenolic OH excluding ortho intramolecular Hbond substituents is 1. The zero-order valence-electron chi connectivity index (χ0n) is 14.2. The monoisotopic (exact) mass is 319 g/mol. The topological polar surface area (TPSA) is 53.4 Å². The van der Waals surface area contributed by atoms with Crippen LogP contribution < -0.4 is 0 Å². The summed E-state index contributed by atoms with van der Waals surface area (Å²) in [5, 5.41) is 22.7. The molecule has 1 heterocycles. The fraction of sp³-hybridized carbons (Fsp3) is 0.500. The highest BCUT2D eigenvalue weighted by Crippen LogP contribution is 2.44. The molecule has 0 aliphatic rings. The summed E-state index contributed by atoms with van der Waals surface area (Å²) in [6, 6.07) is 4.02. The maximum atomic E-state index is 10.9. The van der Waals surface area contributed by atoms with Gasteiger partial charge in [0.05, 0.1) is 12.3 Å². The van der Waals surface area contributed by atoms with Crippen molar-refractivity contribution in [2.24, 2.45) is 0 Å². The average molecular weight is 319 g/mol. The summed E-state index contributed by atoms with van der Waals surface area (Å²) in [6.45, 7) is 12.5. The van der Waals surface area contributed by atoms with Crippen molar-refractivity contribution in [1.82, 2.24) is 4.98 Å². The number of nitrogens with zero attached hydrogens (tertiary/aromatic N) is 1. The molecule has 0 aliphatic heterocycles. The molecule has 2 aromatic rings. The second kappa shape index (κ2) is 5.67. The Hall–Kier alpha value is -1.39. The third-order valence-corrected chi connectivity index (χ3v) is 4.53. The first-order valence-corrected chi connectivity index (χ1v) is 8.36. The molecule has 0 aliphatic carbocycles. The third-order valence-electron chi connectivity index (χ3n) is 3.70. The van der Waals surface area contributed by atoms with Gasteiger partial charge in [0.2, 0.25) is 0 Å². The van der Waals surface area contributed by atoms with Gasteiger partial charge in [-0.3, -0.25) is 0 Å². The van der Waals surface area contributed by atoms with Gasteiger partial charge in [-0.2, -0.15) is 0 Å². The Bertz CT molecular complexity index is 675. The Labute approximate surface area is 136 Å². The molecular weight excluding hydrogens is 294 g/mol. The van der Waals surface area contributed by atoms with E-state index in [1.54, 1.807) is 0 Å². The molecule has 4 heteroatoms. The van der Waals surface area contributed by atoms with Gasteiger partial charge in [-0.25, -0.2) is 4.98 Å². The molecule has 0 bridgehead atoms. The molecule has 0 radical (unpaired) electrons. The van der Waals surface area contributed by atoms with Gasteiger partial charge >= 0.3 is 0 Å². The summed E-state index contributed by atoms with van der Waals surface area (Å²) in [4.78, 5) is 4.46. The summed E-state index contributed by atoms with van der Waals surface area (Å²) >= 11 is 1.44.